The maximum atomic E-state index is 15.3. The molecule has 182 valence electrons. The van der Waals surface area contributed by atoms with Crippen LogP contribution in [0.1, 0.15) is 42.3 Å². The molecule has 0 radical (unpaired) electrons. The fourth-order valence-corrected chi connectivity index (χ4v) is 3.94. The lowest BCUT2D eigenvalue weighted by Gasteiger charge is -2.25. The van der Waals surface area contributed by atoms with Gasteiger partial charge in [-0.1, -0.05) is 0 Å². The maximum Gasteiger partial charge on any atom is 0.265 e. The Hall–Kier alpha value is -3.28. The zero-order valence-electron chi connectivity index (χ0n) is 18.8. The van der Waals surface area contributed by atoms with E-state index in [1.807, 2.05) is 0 Å². The minimum Gasteiger partial charge on any atom is -0.381 e. The highest BCUT2D eigenvalue weighted by atomic mass is 19.3. The smallest absolute Gasteiger partial charge is 0.265 e. The van der Waals surface area contributed by atoms with Gasteiger partial charge >= 0.3 is 0 Å². The van der Waals surface area contributed by atoms with E-state index >= 15 is 4.39 Å². The number of halogens is 4. The average Bonchev–Trinajstić information content (AvgIpc) is 3.27. The number of nitrogens with zero attached hydrogens (tertiary/aromatic N) is 6. The Balaban J connectivity index is 1.75. The molecule has 1 aromatic carbocycles. The lowest BCUT2D eigenvalue weighted by molar-refractivity contribution is 0.0596. The van der Waals surface area contributed by atoms with Crippen LogP contribution in [0.5, 0.6) is 0 Å². The van der Waals surface area contributed by atoms with Crippen molar-refractivity contribution in [2.75, 3.05) is 37.5 Å². The van der Waals surface area contributed by atoms with Crippen molar-refractivity contribution in [2.24, 2.45) is 5.92 Å². The van der Waals surface area contributed by atoms with E-state index in [1.165, 1.54) is 21.8 Å². The monoisotopic (exact) mass is 479 g/mol. The third kappa shape index (κ3) is 5.27. The molecule has 3 heterocycles. The number of hydrogen-bond acceptors (Lipinski definition) is 7. The molecule has 1 saturated heterocycles. The summed E-state index contributed by atoms with van der Waals surface area (Å²) in [5.41, 5.74) is -0.100. The van der Waals surface area contributed by atoms with Gasteiger partial charge in [0.15, 0.2) is 5.82 Å². The number of tetrazole rings is 1. The van der Waals surface area contributed by atoms with Gasteiger partial charge in [-0.25, -0.2) is 22.2 Å². The number of pyridine rings is 1. The van der Waals surface area contributed by atoms with Crippen molar-refractivity contribution in [1.82, 2.24) is 25.2 Å². The van der Waals surface area contributed by atoms with Crippen molar-refractivity contribution >= 4 is 11.4 Å². The number of ether oxygens (including phenoxy) is 1. The normalized spacial score (nSPS) is 15.5. The predicted octanol–water partition coefficient (Wildman–Crippen LogP) is 3.98. The van der Waals surface area contributed by atoms with Crippen molar-refractivity contribution in [1.29, 1.82) is 0 Å². The molecule has 1 N–H and O–H groups in total. The van der Waals surface area contributed by atoms with Crippen LogP contribution in [0.25, 0.3) is 0 Å². The molecule has 0 amide bonds. The molecule has 0 bridgehead atoms. The summed E-state index contributed by atoms with van der Waals surface area (Å²) in [6, 6.07) is 2.30. The summed E-state index contributed by atoms with van der Waals surface area (Å²) >= 11 is 0. The fourth-order valence-electron chi connectivity index (χ4n) is 3.94. The number of hydrogen-bond donors (Lipinski definition) is 1. The highest BCUT2D eigenvalue weighted by Gasteiger charge is 2.28. The van der Waals surface area contributed by atoms with Gasteiger partial charge in [0.25, 0.3) is 6.43 Å². The summed E-state index contributed by atoms with van der Waals surface area (Å²) in [5.74, 6) is -0.861. The van der Waals surface area contributed by atoms with E-state index in [4.69, 9.17) is 4.74 Å². The van der Waals surface area contributed by atoms with E-state index < -0.39 is 24.1 Å². The quantitative estimate of drug-likeness (QED) is 0.490. The number of nitrogens with one attached hydrogen (secondary N) is 1. The maximum absolute atomic E-state index is 15.3. The summed E-state index contributed by atoms with van der Waals surface area (Å²) in [6.07, 6.45) is 1.27. The summed E-state index contributed by atoms with van der Waals surface area (Å²) < 4.78 is 63.5. The van der Waals surface area contributed by atoms with Gasteiger partial charge in [-0.15, -0.1) is 5.10 Å². The van der Waals surface area contributed by atoms with E-state index in [2.05, 4.69) is 25.8 Å². The summed E-state index contributed by atoms with van der Waals surface area (Å²) in [7, 11) is 3.20. The van der Waals surface area contributed by atoms with Gasteiger partial charge in [0.1, 0.15) is 17.7 Å². The second-order valence-electron chi connectivity index (χ2n) is 8.38. The number of aromatic nitrogens is 5. The molecule has 0 spiro atoms. The van der Waals surface area contributed by atoms with Gasteiger partial charge in [0.05, 0.1) is 11.4 Å². The molecule has 1 unspecified atom stereocenters. The number of alkyl halides is 2. The summed E-state index contributed by atoms with van der Waals surface area (Å²) in [4.78, 5) is 5.29. The van der Waals surface area contributed by atoms with Gasteiger partial charge in [0, 0.05) is 63.4 Å². The highest BCUT2D eigenvalue weighted by molar-refractivity contribution is 5.52. The first kappa shape index (κ1) is 23.9. The minimum absolute atomic E-state index is 0.0615. The van der Waals surface area contributed by atoms with E-state index in [0.29, 0.717) is 19.8 Å². The second kappa shape index (κ2) is 10.3. The van der Waals surface area contributed by atoms with Crippen molar-refractivity contribution in [3.05, 3.63) is 59.2 Å². The van der Waals surface area contributed by atoms with Crippen LogP contribution in [0.3, 0.4) is 0 Å². The molecule has 34 heavy (non-hydrogen) atoms. The van der Waals surface area contributed by atoms with Crippen LogP contribution in [0.15, 0.2) is 30.6 Å². The SMILES string of the molecule is CN(C)c1cc(F)c(C(Nc2cncc(C(F)F)c2)c2nnnn2CC2CCOCC2)cc1F. The Morgan fingerprint density at radius 2 is 1.88 bits per heavy atom. The molecule has 1 aliphatic heterocycles. The molecular weight excluding hydrogens is 454 g/mol. The summed E-state index contributed by atoms with van der Waals surface area (Å²) in [6.45, 7) is 1.71. The van der Waals surface area contributed by atoms with E-state index in [9.17, 15) is 13.2 Å². The molecule has 4 rings (SSSR count). The lowest BCUT2D eigenvalue weighted by atomic mass is 9.99. The van der Waals surface area contributed by atoms with Crippen molar-refractivity contribution in [3.63, 3.8) is 0 Å². The van der Waals surface area contributed by atoms with E-state index in [-0.39, 0.29) is 34.2 Å². The van der Waals surface area contributed by atoms with Crippen LogP contribution in [0.2, 0.25) is 0 Å². The molecule has 1 fully saturated rings. The molecule has 1 atom stereocenters. The Morgan fingerprint density at radius 3 is 2.59 bits per heavy atom. The van der Waals surface area contributed by atoms with Crippen molar-refractivity contribution < 1.29 is 22.3 Å². The van der Waals surface area contributed by atoms with Crippen LogP contribution in [-0.2, 0) is 11.3 Å². The second-order valence-corrected chi connectivity index (χ2v) is 8.38. The van der Waals surface area contributed by atoms with E-state index in [0.717, 1.165) is 31.2 Å². The standard InChI is InChI=1S/C22H25F4N7O/c1-32(2)19-9-17(23)16(8-18(19)24)20(28-15-7-14(21(25)26)10-27-11-15)22-29-30-31-33(22)12-13-3-5-34-6-4-13/h7-11,13,20-21,28H,3-6,12H2,1-2H3. The van der Waals surface area contributed by atoms with Gasteiger partial charge in [-0.3, -0.25) is 4.98 Å². The van der Waals surface area contributed by atoms with Crippen LogP contribution in [0.4, 0.5) is 28.9 Å². The molecule has 1 aliphatic rings. The highest BCUT2D eigenvalue weighted by Crippen LogP contribution is 2.32. The Labute approximate surface area is 193 Å². The molecular formula is C22H25F4N7O. The van der Waals surface area contributed by atoms with E-state index in [1.54, 1.807) is 14.1 Å². The van der Waals surface area contributed by atoms with Crippen molar-refractivity contribution in [2.45, 2.75) is 31.9 Å². The first-order valence-electron chi connectivity index (χ1n) is 10.8. The molecule has 8 nitrogen and oxygen atoms in total. The van der Waals surface area contributed by atoms with Gasteiger partial charge in [0.2, 0.25) is 0 Å². The van der Waals surface area contributed by atoms with Gasteiger partial charge < -0.3 is 15.0 Å². The first-order valence-corrected chi connectivity index (χ1v) is 10.8. The Bertz CT molecular complexity index is 1120. The topological polar surface area (TPSA) is 81.0 Å². The number of benzene rings is 1. The van der Waals surface area contributed by atoms with Crippen LogP contribution < -0.4 is 10.2 Å². The molecule has 2 aromatic heterocycles. The van der Waals surface area contributed by atoms with Gasteiger partial charge in [-0.2, -0.15) is 0 Å². The van der Waals surface area contributed by atoms with Crippen LogP contribution in [-0.4, -0.2) is 52.5 Å². The zero-order chi connectivity index (χ0) is 24.2. The molecule has 3 aromatic rings. The largest absolute Gasteiger partial charge is 0.381 e. The lowest BCUT2D eigenvalue weighted by Crippen LogP contribution is -2.25. The van der Waals surface area contributed by atoms with Crippen LogP contribution in [0, 0.1) is 17.6 Å². The first-order chi connectivity index (χ1) is 16.3. The zero-order valence-corrected chi connectivity index (χ0v) is 18.8. The van der Waals surface area contributed by atoms with Gasteiger partial charge in [-0.05, 0) is 41.3 Å². The molecule has 12 heteroatoms. The minimum atomic E-state index is -2.74. The summed E-state index contributed by atoms with van der Waals surface area (Å²) in [5, 5.41) is 14.9. The molecule has 0 saturated carbocycles. The third-order valence-electron chi connectivity index (χ3n) is 5.77. The average molecular weight is 479 g/mol. The fraction of sp³-hybridized carbons (Fsp3) is 0.455. The predicted molar refractivity (Wildman–Crippen MR) is 117 cm³/mol. The molecule has 0 aliphatic carbocycles. The Morgan fingerprint density at radius 1 is 1.12 bits per heavy atom. The Kier molecular flexibility index (Phi) is 7.25. The third-order valence-corrected chi connectivity index (χ3v) is 5.77. The van der Waals surface area contributed by atoms with Crippen molar-refractivity contribution in [3.8, 4) is 0 Å². The number of rotatable bonds is 8. The number of anilines is 2. The van der Waals surface area contributed by atoms with Crippen LogP contribution >= 0.6 is 0 Å².